The molecule has 80 valence electrons. The maximum absolute atomic E-state index is 6.20. The van der Waals surface area contributed by atoms with Crippen molar-refractivity contribution in [1.29, 1.82) is 0 Å². The summed E-state index contributed by atoms with van der Waals surface area (Å²) in [7, 11) is 0. The van der Waals surface area contributed by atoms with Crippen molar-refractivity contribution < 1.29 is 0 Å². The van der Waals surface area contributed by atoms with Gasteiger partial charge < -0.3 is 5.73 Å². The predicted molar refractivity (Wildman–Crippen MR) is 57.2 cm³/mol. The summed E-state index contributed by atoms with van der Waals surface area (Å²) in [6.07, 6.45) is 3.58. The molecule has 0 fully saturated rings. The Balaban J connectivity index is 2.52. The lowest BCUT2D eigenvalue weighted by Crippen LogP contribution is -2.35. The number of hydrogen-bond donors (Lipinski definition) is 1. The first-order valence-corrected chi connectivity index (χ1v) is 5.11. The molecule has 5 heteroatoms. The molecule has 0 amide bonds. The molecular weight excluding hydrogens is 190 g/mol. The van der Waals surface area contributed by atoms with Crippen LogP contribution in [-0.4, -0.2) is 19.8 Å². The van der Waals surface area contributed by atoms with Gasteiger partial charge in [0.2, 0.25) is 0 Å². The van der Waals surface area contributed by atoms with Gasteiger partial charge in [0.25, 0.3) is 0 Å². The third-order valence-corrected chi connectivity index (χ3v) is 2.46. The summed E-state index contributed by atoms with van der Waals surface area (Å²) in [6.45, 7) is 4.06. The molecule has 2 heterocycles. The zero-order chi connectivity index (χ0) is 10.9. The second-order valence-electron chi connectivity index (χ2n) is 3.98. The van der Waals surface area contributed by atoms with Gasteiger partial charge in [0, 0.05) is 6.20 Å². The summed E-state index contributed by atoms with van der Waals surface area (Å²) in [5, 5.41) is 12.4. The van der Waals surface area contributed by atoms with E-state index >= 15 is 0 Å². The summed E-state index contributed by atoms with van der Waals surface area (Å²) >= 11 is 0. The van der Waals surface area contributed by atoms with Gasteiger partial charge in [-0.3, -0.25) is 0 Å². The minimum atomic E-state index is -0.470. The molecule has 15 heavy (non-hydrogen) atoms. The molecule has 1 atom stereocenters. The van der Waals surface area contributed by atoms with E-state index in [1.54, 1.807) is 10.7 Å². The minimum Gasteiger partial charge on any atom is -0.319 e. The molecule has 0 aliphatic heterocycles. The quantitative estimate of drug-likeness (QED) is 0.814. The molecule has 1 unspecified atom stereocenters. The summed E-state index contributed by atoms with van der Waals surface area (Å²) in [5.41, 5.74) is 6.46. The second-order valence-corrected chi connectivity index (χ2v) is 3.98. The summed E-state index contributed by atoms with van der Waals surface area (Å²) in [5.74, 6) is 0.722. The fraction of sp³-hybridized carbons (Fsp3) is 0.500. The molecule has 0 aliphatic rings. The third-order valence-electron chi connectivity index (χ3n) is 2.46. The van der Waals surface area contributed by atoms with Crippen LogP contribution in [0.1, 0.15) is 32.5 Å². The first kappa shape index (κ1) is 10.0. The van der Waals surface area contributed by atoms with Crippen LogP contribution in [0.2, 0.25) is 0 Å². The van der Waals surface area contributed by atoms with E-state index < -0.39 is 5.54 Å². The Morgan fingerprint density at radius 2 is 2.27 bits per heavy atom. The van der Waals surface area contributed by atoms with Crippen LogP contribution >= 0.6 is 0 Å². The van der Waals surface area contributed by atoms with Crippen LogP contribution in [0.3, 0.4) is 0 Å². The average Bonchev–Trinajstić information content (AvgIpc) is 2.61. The van der Waals surface area contributed by atoms with Crippen molar-refractivity contribution in [2.24, 2.45) is 5.73 Å². The van der Waals surface area contributed by atoms with Gasteiger partial charge in [0.15, 0.2) is 11.5 Å². The van der Waals surface area contributed by atoms with Crippen LogP contribution in [-0.2, 0) is 5.54 Å². The molecule has 2 aromatic rings. The van der Waals surface area contributed by atoms with Crippen molar-refractivity contribution in [2.75, 3.05) is 0 Å². The maximum atomic E-state index is 6.20. The highest BCUT2D eigenvalue weighted by atomic mass is 15.4. The number of fused-ring (bicyclic) bond motifs is 1. The SMILES string of the molecule is CCCC(C)(N)c1nnc2cccnn12. The standard InChI is InChI=1S/C10H15N5/c1-3-6-10(2,11)9-14-13-8-5-4-7-12-15(8)9/h4-5,7H,3,6,11H2,1-2H3. The fourth-order valence-corrected chi connectivity index (χ4v) is 1.73. The number of hydrogen-bond acceptors (Lipinski definition) is 4. The van der Waals surface area contributed by atoms with Gasteiger partial charge in [-0.05, 0) is 25.5 Å². The van der Waals surface area contributed by atoms with E-state index in [1.165, 1.54) is 0 Å². The minimum absolute atomic E-state index is 0.470. The maximum Gasteiger partial charge on any atom is 0.177 e. The molecular formula is C10H15N5. The molecule has 2 N–H and O–H groups in total. The molecule has 0 radical (unpaired) electrons. The normalized spacial score (nSPS) is 15.4. The molecule has 2 rings (SSSR count). The van der Waals surface area contributed by atoms with Crippen LogP contribution in [0, 0.1) is 0 Å². The Bertz CT molecular complexity index is 460. The number of nitrogens with two attached hydrogens (primary N) is 1. The van der Waals surface area contributed by atoms with Crippen LogP contribution in [0.15, 0.2) is 18.3 Å². The topological polar surface area (TPSA) is 69.1 Å². The number of nitrogens with zero attached hydrogens (tertiary/aromatic N) is 4. The molecule has 0 saturated carbocycles. The Morgan fingerprint density at radius 1 is 1.47 bits per heavy atom. The van der Waals surface area contributed by atoms with Crippen molar-refractivity contribution in [3.8, 4) is 0 Å². The van der Waals surface area contributed by atoms with Crippen molar-refractivity contribution in [1.82, 2.24) is 19.8 Å². The first-order chi connectivity index (χ1) is 7.15. The lowest BCUT2D eigenvalue weighted by molar-refractivity contribution is 0.410. The van der Waals surface area contributed by atoms with Crippen LogP contribution in [0.25, 0.3) is 5.65 Å². The summed E-state index contributed by atoms with van der Waals surface area (Å²) < 4.78 is 1.70. The van der Waals surface area contributed by atoms with Gasteiger partial charge in [-0.2, -0.15) is 9.61 Å². The molecule has 0 aromatic carbocycles. The zero-order valence-electron chi connectivity index (χ0n) is 9.01. The second kappa shape index (κ2) is 3.58. The van der Waals surface area contributed by atoms with Gasteiger partial charge in [-0.25, -0.2) is 0 Å². The predicted octanol–water partition coefficient (Wildman–Crippen LogP) is 1.10. The van der Waals surface area contributed by atoms with Crippen molar-refractivity contribution >= 4 is 5.65 Å². The Labute approximate surface area is 88.3 Å². The van der Waals surface area contributed by atoms with Gasteiger partial charge >= 0.3 is 0 Å². The monoisotopic (exact) mass is 205 g/mol. The Hall–Kier alpha value is -1.49. The third kappa shape index (κ3) is 1.70. The van der Waals surface area contributed by atoms with Crippen molar-refractivity contribution in [3.05, 3.63) is 24.2 Å². The van der Waals surface area contributed by atoms with E-state index in [-0.39, 0.29) is 0 Å². The fourth-order valence-electron chi connectivity index (χ4n) is 1.73. The van der Waals surface area contributed by atoms with E-state index in [0.29, 0.717) is 0 Å². The molecule has 0 aliphatic carbocycles. The van der Waals surface area contributed by atoms with E-state index in [4.69, 9.17) is 5.73 Å². The van der Waals surface area contributed by atoms with Crippen molar-refractivity contribution in [3.63, 3.8) is 0 Å². The largest absolute Gasteiger partial charge is 0.319 e. The van der Waals surface area contributed by atoms with Crippen molar-refractivity contribution in [2.45, 2.75) is 32.2 Å². The van der Waals surface area contributed by atoms with Crippen LogP contribution in [0.5, 0.6) is 0 Å². The van der Waals surface area contributed by atoms with E-state index in [9.17, 15) is 0 Å². The molecule has 5 nitrogen and oxygen atoms in total. The van der Waals surface area contributed by atoms with Crippen LogP contribution < -0.4 is 5.73 Å². The molecule has 0 spiro atoms. The average molecular weight is 205 g/mol. The highest BCUT2D eigenvalue weighted by molar-refractivity contribution is 5.35. The van der Waals surface area contributed by atoms with Gasteiger partial charge in [0.1, 0.15) is 0 Å². The van der Waals surface area contributed by atoms with Gasteiger partial charge in [-0.15, -0.1) is 10.2 Å². The lowest BCUT2D eigenvalue weighted by atomic mass is 9.97. The number of rotatable bonds is 3. The Kier molecular flexibility index (Phi) is 2.40. The highest BCUT2D eigenvalue weighted by Gasteiger charge is 2.26. The zero-order valence-corrected chi connectivity index (χ0v) is 9.01. The highest BCUT2D eigenvalue weighted by Crippen LogP contribution is 2.20. The summed E-state index contributed by atoms with van der Waals surface area (Å²) in [4.78, 5) is 0. The summed E-state index contributed by atoms with van der Waals surface area (Å²) in [6, 6.07) is 3.70. The molecule has 0 saturated heterocycles. The van der Waals surface area contributed by atoms with E-state index in [0.717, 1.165) is 24.3 Å². The Morgan fingerprint density at radius 3 is 3.00 bits per heavy atom. The van der Waals surface area contributed by atoms with E-state index in [1.807, 2.05) is 19.1 Å². The van der Waals surface area contributed by atoms with Gasteiger partial charge in [0.05, 0.1) is 5.54 Å². The molecule has 0 bridgehead atoms. The van der Waals surface area contributed by atoms with E-state index in [2.05, 4.69) is 22.2 Å². The van der Waals surface area contributed by atoms with Gasteiger partial charge in [-0.1, -0.05) is 13.3 Å². The smallest absolute Gasteiger partial charge is 0.177 e. The number of aromatic nitrogens is 4. The molecule has 2 aromatic heterocycles. The lowest BCUT2D eigenvalue weighted by Gasteiger charge is -2.20. The first-order valence-electron chi connectivity index (χ1n) is 5.11. The van der Waals surface area contributed by atoms with Crippen LogP contribution in [0.4, 0.5) is 0 Å².